The molecule has 0 bridgehead atoms. The number of amides is 1. The van der Waals surface area contributed by atoms with Crippen molar-refractivity contribution < 1.29 is 14.0 Å². The number of hydrogen-bond donors (Lipinski definition) is 0. The zero-order valence-corrected chi connectivity index (χ0v) is 25.4. The first-order valence-corrected chi connectivity index (χ1v) is 16.8. The van der Waals surface area contributed by atoms with Gasteiger partial charge in [0.2, 0.25) is 0 Å². The van der Waals surface area contributed by atoms with E-state index in [1.54, 1.807) is 0 Å². The molecule has 6 rings (SSSR count). The summed E-state index contributed by atoms with van der Waals surface area (Å²) < 4.78 is 12.7. The van der Waals surface area contributed by atoms with Crippen LogP contribution in [0.5, 0.6) is 0 Å². The van der Waals surface area contributed by atoms with Crippen LogP contribution in [0, 0.1) is 0 Å². The van der Waals surface area contributed by atoms with Crippen molar-refractivity contribution in [3.8, 4) is 0 Å². The molecule has 0 unspecified atom stereocenters. The first kappa shape index (κ1) is 27.8. The number of benzene rings is 3. The summed E-state index contributed by atoms with van der Waals surface area (Å²) in [4.78, 5) is 20.8. The summed E-state index contributed by atoms with van der Waals surface area (Å²) in [5.41, 5.74) is 3.29. The van der Waals surface area contributed by atoms with E-state index >= 15 is 0 Å². The number of carbonyl (C=O) groups is 1. The highest BCUT2D eigenvalue weighted by molar-refractivity contribution is 6.99. The third kappa shape index (κ3) is 5.48. The van der Waals surface area contributed by atoms with Gasteiger partial charge in [-0.05, 0) is 58.4 Å². The SMILES string of the molecule is CC(C)(C)[Si](O[C@@H]1CCN(Cc2ccc3nc(C4CCOCC4)ccc3c2)C1=O)(c1ccccc1)c1ccccc1. The van der Waals surface area contributed by atoms with E-state index in [4.69, 9.17) is 14.1 Å². The van der Waals surface area contributed by atoms with Crippen LogP contribution in [-0.4, -0.2) is 50.0 Å². The number of carbonyl (C=O) groups excluding carboxylic acids is 1. The van der Waals surface area contributed by atoms with Crippen LogP contribution in [-0.2, 0) is 20.5 Å². The van der Waals surface area contributed by atoms with Gasteiger partial charge in [0.1, 0.15) is 6.10 Å². The molecule has 1 aromatic heterocycles. The Bertz CT molecular complexity index is 1460. The summed E-state index contributed by atoms with van der Waals surface area (Å²) in [6.07, 6.45) is 2.31. The van der Waals surface area contributed by atoms with Crippen LogP contribution in [0.4, 0.5) is 0 Å². The monoisotopic (exact) mass is 564 g/mol. The summed E-state index contributed by atoms with van der Waals surface area (Å²) >= 11 is 0. The summed E-state index contributed by atoms with van der Waals surface area (Å²) in [6, 6.07) is 31.9. The first-order chi connectivity index (χ1) is 19.8. The number of likely N-dealkylation sites (tertiary alicyclic amines) is 1. The van der Waals surface area contributed by atoms with Crippen molar-refractivity contribution in [2.45, 2.75) is 63.6 Å². The molecule has 2 saturated heterocycles. The lowest BCUT2D eigenvalue weighted by Gasteiger charge is -2.44. The summed E-state index contributed by atoms with van der Waals surface area (Å²) in [6.45, 7) is 9.67. The van der Waals surface area contributed by atoms with Crippen molar-refractivity contribution >= 4 is 35.5 Å². The topological polar surface area (TPSA) is 51.7 Å². The van der Waals surface area contributed by atoms with E-state index in [0.29, 0.717) is 25.4 Å². The van der Waals surface area contributed by atoms with Gasteiger partial charge in [0.15, 0.2) is 0 Å². The Hall–Kier alpha value is -3.32. The van der Waals surface area contributed by atoms with Crippen LogP contribution < -0.4 is 10.4 Å². The standard InChI is InChI=1S/C35H40N2O3Si/c1-35(2,3)41(29-10-6-4-7-11-29,30-12-8-5-9-13-30)40-33-18-21-37(34(33)38)25-26-14-16-32-28(24-26)15-17-31(36-32)27-19-22-39-23-20-27/h4-17,24,27,33H,18-23,25H2,1-3H3/t33-/m1/s1. The fourth-order valence-corrected chi connectivity index (χ4v) is 11.3. The largest absolute Gasteiger partial charge is 0.395 e. The maximum absolute atomic E-state index is 13.9. The number of fused-ring (bicyclic) bond motifs is 1. The Morgan fingerprint density at radius 1 is 0.878 bits per heavy atom. The molecular formula is C35H40N2O3Si. The number of pyridine rings is 1. The summed E-state index contributed by atoms with van der Waals surface area (Å²) in [5.74, 6) is 0.564. The predicted molar refractivity (Wildman–Crippen MR) is 167 cm³/mol. The fraction of sp³-hybridized carbons (Fsp3) is 0.371. The van der Waals surface area contributed by atoms with Gasteiger partial charge in [-0.25, -0.2) is 0 Å². The van der Waals surface area contributed by atoms with Crippen molar-refractivity contribution in [3.63, 3.8) is 0 Å². The average Bonchev–Trinajstić information content (AvgIpc) is 3.34. The van der Waals surface area contributed by atoms with Crippen LogP contribution in [0.1, 0.15) is 57.2 Å². The van der Waals surface area contributed by atoms with Gasteiger partial charge in [-0.1, -0.05) is 93.6 Å². The Morgan fingerprint density at radius 2 is 1.54 bits per heavy atom. The van der Waals surface area contributed by atoms with E-state index in [9.17, 15) is 4.79 Å². The molecule has 0 spiro atoms. The van der Waals surface area contributed by atoms with E-state index in [1.165, 1.54) is 10.4 Å². The van der Waals surface area contributed by atoms with E-state index in [-0.39, 0.29) is 10.9 Å². The van der Waals surface area contributed by atoms with Gasteiger partial charge in [0.25, 0.3) is 14.2 Å². The predicted octanol–water partition coefficient (Wildman–Crippen LogP) is 5.81. The molecule has 2 aliphatic heterocycles. The van der Waals surface area contributed by atoms with Gasteiger partial charge in [0.05, 0.1) is 5.52 Å². The molecule has 0 radical (unpaired) electrons. The van der Waals surface area contributed by atoms with E-state index in [1.807, 2.05) is 17.0 Å². The molecule has 3 aromatic carbocycles. The molecule has 2 fully saturated rings. The van der Waals surface area contributed by atoms with E-state index < -0.39 is 14.4 Å². The second-order valence-electron chi connectivity index (χ2n) is 12.5. The number of hydrogen-bond acceptors (Lipinski definition) is 4. The summed E-state index contributed by atoms with van der Waals surface area (Å²) in [5, 5.41) is 3.35. The van der Waals surface area contributed by atoms with Crippen molar-refractivity contribution in [1.82, 2.24) is 9.88 Å². The molecule has 0 saturated carbocycles. The molecule has 2 aliphatic rings. The van der Waals surface area contributed by atoms with Crippen molar-refractivity contribution in [2.75, 3.05) is 19.8 Å². The molecule has 6 heteroatoms. The maximum atomic E-state index is 13.9. The third-order valence-electron chi connectivity index (χ3n) is 8.77. The van der Waals surface area contributed by atoms with Crippen LogP contribution in [0.25, 0.3) is 10.9 Å². The Kier molecular flexibility index (Phi) is 7.81. The van der Waals surface area contributed by atoms with Crippen LogP contribution >= 0.6 is 0 Å². The molecule has 212 valence electrons. The molecule has 4 aromatic rings. The smallest absolute Gasteiger partial charge is 0.262 e. The van der Waals surface area contributed by atoms with Gasteiger partial charge in [-0.2, -0.15) is 0 Å². The second kappa shape index (κ2) is 11.5. The maximum Gasteiger partial charge on any atom is 0.262 e. The molecule has 41 heavy (non-hydrogen) atoms. The van der Waals surface area contributed by atoms with Crippen LogP contribution in [0.15, 0.2) is 91.0 Å². The van der Waals surface area contributed by atoms with Gasteiger partial charge in [-0.15, -0.1) is 0 Å². The van der Waals surface area contributed by atoms with Crippen molar-refractivity contribution in [1.29, 1.82) is 0 Å². The van der Waals surface area contributed by atoms with Gasteiger partial charge >= 0.3 is 0 Å². The highest BCUT2D eigenvalue weighted by Gasteiger charge is 2.53. The average molecular weight is 565 g/mol. The van der Waals surface area contributed by atoms with E-state index in [0.717, 1.165) is 48.2 Å². The zero-order chi connectivity index (χ0) is 28.5. The van der Waals surface area contributed by atoms with Crippen molar-refractivity contribution in [3.05, 3.63) is 102 Å². The van der Waals surface area contributed by atoms with Crippen molar-refractivity contribution in [2.24, 2.45) is 0 Å². The quantitative estimate of drug-likeness (QED) is 0.266. The molecule has 0 N–H and O–H groups in total. The van der Waals surface area contributed by atoms with Crippen LogP contribution in [0.3, 0.4) is 0 Å². The van der Waals surface area contributed by atoms with Gasteiger partial charge in [0, 0.05) is 43.3 Å². The fourth-order valence-electron chi connectivity index (χ4n) is 6.61. The Balaban J connectivity index is 1.23. The number of aromatic nitrogens is 1. The lowest BCUT2D eigenvalue weighted by atomic mass is 9.95. The number of ether oxygens (including phenoxy) is 1. The summed E-state index contributed by atoms with van der Waals surface area (Å²) in [7, 11) is -2.80. The minimum Gasteiger partial charge on any atom is -0.395 e. The minimum absolute atomic E-state index is 0.0890. The normalized spacial score (nSPS) is 18.8. The number of rotatable bonds is 7. The highest BCUT2D eigenvalue weighted by atomic mass is 28.4. The molecule has 1 atom stereocenters. The van der Waals surface area contributed by atoms with E-state index in [2.05, 4.69) is 99.6 Å². The molecule has 5 nitrogen and oxygen atoms in total. The lowest BCUT2D eigenvalue weighted by molar-refractivity contribution is -0.134. The Morgan fingerprint density at radius 3 is 2.17 bits per heavy atom. The molecule has 0 aliphatic carbocycles. The first-order valence-electron chi connectivity index (χ1n) is 14.9. The molecule has 1 amide bonds. The lowest BCUT2D eigenvalue weighted by Crippen LogP contribution is -2.68. The minimum atomic E-state index is -2.80. The number of nitrogens with zero attached hydrogens (tertiary/aromatic N) is 2. The molecule has 3 heterocycles. The highest BCUT2D eigenvalue weighted by Crippen LogP contribution is 2.39. The van der Waals surface area contributed by atoms with Gasteiger partial charge < -0.3 is 14.1 Å². The van der Waals surface area contributed by atoms with Crippen LogP contribution in [0.2, 0.25) is 5.04 Å². The third-order valence-corrected chi connectivity index (χ3v) is 13.8. The second-order valence-corrected chi connectivity index (χ2v) is 16.7. The Labute approximate surface area is 244 Å². The zero-order valence-electron chi connectivity index (χ0n) is 24.4. The molecular weight excluding hydrogens is 524 g/mol. The van der Waals surface area contributed by atoms with Gasteiger partial charge in [-0.3, -0.25) is 9.78 Å².